The lowest BCUT2D eigenvalue weighted by Crippen LogP contribution is -2.45. The van der Waals surface area contributed by atoms with E-state index in [1.807, 2.05) is 19.1 Å². The van der Waals surface area contributed by atoms with Crippen LogP contribution >= 0.6 is 0 Å². The van der Waals surface area contributed by atoms with E-state index in [1.54, 1.807) is 23.1 Å². The number of carbonyl (C=O) groups is 2. The van der Waals surface area contributed by atoms with Crippen molar-refractivity contribution in [1.29, 1.82) is 0 Å². The zero-order valence-electron chi connectivity index (χ0n) is 18.5. The summed E-state index contributed by atoms with van der Waals surface area (Å²) in [6.45, 7) is 4.84. The van der Waals surface area contributed by atoms with Gasteiger partial charge in [0.2, 0.25) is 21.8 Å². The monoisotopic (exact) mass is 459 g/mol. The number of hydrogen-bond acceptors (Lipinski definition) is 5. The number of furan rings is 1. The first-order chi connectivity index (χ1) is 15.3. The largest absolute Gasteiger partial charge is 0.465 e. The number of hydrogen-bond donors (Lipinski definition) is 1. The van der Waals surface area contributed by atoms with Crippen molar-refractivity contribution in [2.45, 2.75) is 51.0 Å². The Bertz CT molecular complexity index is 1120. The van der Waals surface area contributed by atoms with Gasteiger partial charge < -0.3 is 14.6 Å². The third kappa shape index (κ3) is 4.59. The molecule has 2 aromatic rings. The average Bonchev–Trinajstić information content (AvgIpc) is 3.21. The Balaban J connectivity index is 1.46. The van der Waals surface area contributed by atoms with Gasteiger partial charge in [0.05, 0.1) is 17.4 Å². The quantitative estimate of drug-likeness (QED) is 0.741. The van der Waals surface area contributed by atoms with Crippen LogP contribution in [0.3, 0.4) is 0 Å². The number of benzene rings is 1. The Morgan fingerprint density at radius 3 is 2.69 bits per heavy atom. The SMILES string of the molecule is CC(=O)N1CCCc2cc(S(=O)(=O)N3CCC[C@H](C(=O)NCc4ccc(C)o4)C3)ccc21. The molecule has 2 aliphatic rings. The summed E-state index contributed by atoms with van der Waals surface area (Å²) >= 11 is 0. The fourth-order valence-corrected chi connectivity index (χ4v) is 6.06. The molecule has 1 aromatic carbocycles. The van der Waals surface area contributed by atoms with E-state index in [4.69, 9.17) is 4.42 Å². The van der Waals surface area contributed by atoms with Gasteiger partial charge in [0.1, 0.15) is 11.5 Å². The molecule has 172 valence electrons. The highest BCUT2D eigenvalue weighted by Gasteiger charge is 2.34. The first-order valence-electron chi connectivity index (χ1n) is 11.0. The molecule has 1 N–H and O–H groups in total. The molecule has 0 spiro atoms. The van der Waals surface area contributed by atoms with Crippen LogP contribution in [-0.4, -0.2) is 44.2 Å². The zero-order valence-corrected chi connectivity index (χ0v) is 19.3. The molecule has 1 saturated heterocycles. The van der Waals surface area contributed by atoms with E-state index < -0.39 is 15.9 Å². The summed E-state index contributed by atoms with van der Waals surface area (Å²) in [6, 6.07) is 8.63. The second-order valence-electron chi connectivity index (χ2n) is 8.50. The first-order valence-corrected chi connectivity index (χ1v) is 12.4. The summed E-state index contributed by atoms with van der Waals surface area (Å²) in [4.78, 5) is 26.5. The smallest absolute Gasteiger partial charge is 0.243 e. The molecule has 0 aliphatic carbocycles. The lowest BCUT2D eigenvalue weighted by Gasteiger charge is -2.32. The van der Waals surface area contributed by atoms with E-state index in [-0.39, 0.29) is 29.8 Å². The van der Waals surface area contributed by atoms with Crippen LogP contribution < -0.4 is 10.2 Å². The summed E-state index contributed by atoms with van der Waals surface area (Å²) in [5.41, 5.74) is 1.65. The van der Waals surface area contributed by atoms with Crippen LogP contribution in [0.4, 0.5) is 5.69 Å². The Hall–Kier alpha value is -2.65. The highest BCUT2D eigenvalue weighted by Crippen LogP contribution is 2.31. The molecule has 8 nitrogen and oxygen atoms in total. The standard InChI is InChI=1S/C23H29N3O5S/c1-16-7-8-20(31-16)14-24-23(28)19-6-3-11-25(15-19)32(29,30)21-9-10-22-18(13-21)5-4-12-26(22)17(2)27/h7-10,13,19H,3-6,11-12,14-15H2,1-2H3,(H,24,28)/t19-/m0/s1. The topological polar surface area (TPSA) is 99.9 Å². The van der Waals surface area contributed by atoms with E-state index in [2.05, 4.69) is 5.32 Å². The summed E-state index contributed by atoms with van der Waals surface area (Å²) in [6.07, 6.45) is 2.81. The average molecular weight is 460 g/mol. The van der Waals surface area contributed by atoms with Crippen LogP contribution in [0.5, 0.6) is 0 Å². The Labute approximate surface area is 188 Å². The summed E-state index contributed by atoms with van der Waals surface area (Å²) < 4.78 is 33.6. The van der Waals surface area contributed by atoms with Crippen LogP contribution in [0.15, 0.2) is 39.6 Å². The van der Waals surface area contributed by atoms with Crippen molar-refractivity contribution in [3.8, 4) is 0 Å². The normalized spacial score (nSPS) is 19.4. The van der Waals surface area contributed by atoms with Gasteiger partial charge >= 0.3 is 0 Å². The number of amides is 2. The van der Waals surface area contributed by atoms with Gasteiger partial charge in [-0.3, -0.25) is 9.59 Å². The molecule has 1 aromatic heterocycles. The van der Waals surface area contributed by atoms with Gasteiger partial charge in [0, 0.05) is 32.2 Å². The first kappa shape index (κ1) is 22.5. The molecule has 2 aliphatic heterocycles. The van der Waals surface area contributed by atoms with E-state index in [1.165, 1.54) is 11.2 Å². The number of aryl methyl sites for hydroxylation is 2. The second kappa shape index (κ2) is 9.07. The summed E-state index contributed by atoms with van der Waals surface area (Å²) in [5, 5.41) is 2.86. The van der Waals surface area contributed by atoms with Crippen molar-refractivity contribution in [2.75, 3.05) is 24.5 Å². The molecule has 0 radical (unpaired) electrons. The van der Waals surface area contributed by atoms with Gasteiger partial charge in [-0.05, 0) is 68.5 Å². The molecule has 0 saturated carbocycles. The van der Waals surface area contributed by atoms with Crippen molar-refractivity contribution in [1.82, 2.24) is 9.62 Å². The van der Waals surface area contributed by atoms with Gasteiger partial charge in [-0.1, -0.05) is 0 Å². The summed E-state index contributed by atoms with van der Waals surface area (Å²) in [5.74, 6) is 0.837. The number of rotatable bonds is 5. The number of fused-ring (bicyclic) bond motifs is 1. The summed E-state index contributed by atoms with van der Waals surface area (Å²) in [7, 11) is -3.73. The Morgan fingerprint density at radius 1 is 1.16 bits per heavy atom. The van der Waals surface area contributed by atoms with Crippen LogP contribution in [0.25, 0.3) is 0 Å². The fraction of sp³-hybridized carbons (Fsp3) is 0.478. The Kier molecular flexibility index (Phi) is 6.39. The second-order valence-corrected chi connectivity index (χ2v) is 10.4. The van der Waals surface area contributed by atoms with Crippen LogP contribution in [0, 0.1) is 12.8 Å². The lowest BCUT2D eigenvalue weighted by molar-refractivity contribution is -0.126. The maximum Gasteiger partial charge on any atom is 0.243 e. The van der Waals surface area contributed by atoms with E-state index in [9.17, 15) is 18.0 Å². The lowest BCUT2D eigenvalue weighted by atomic mass is 9.99. The van der Waals surface area contributed by atoms with Crippen LogP contribution in [0.1, 0.15) is 43.3 Å². The predicted molar refractivity (Wildman–Crippen MR) is 120 cm³/mol. The van der Waals surface area contributed by atoms with Gasteiger partial charge in [-0.15, -0.1) is 0 Å². The van der Waals surface area contributed by atoms with E-state index >= 15 is 0 Å². The van der Waals surface area contributed by atoms with Crippen molar-refractivity contribution in [2.24, 2.45) is 5.92 Å². The minimum absolute atomic E-state index is 0.0452. The molecule has 0 bridgehead atoms. The number of nitrogens with one attached hydrogen (secondary N) is 1. The molecule has 0 unspecified atom stereocenters. The maximum absolute atomic E-state index is 13.3. The van der Waals surface area contributed by atoms with E-state index in [0.717, 1.165) is 29.9 Å². The molecule has 4 rings (SSSR count). The molecule has 1 atom stereocenters. The number of anilines is 1. The van der Waals surface area contributed by atoms with Crippen molar-refractivity contribution in [3.05, 3.63) is 47.4 Å². The van der Waals surface area contributed by atoms with Crippen LogP contribution in [0.2, 0.25) is 0 Å². The van der Waals surface area contributed by atoms with Gasteiger partial charge in [0.15, 0.2) is 0 Å². The van der Waals surface area contributed by atoms with Crippen molar-refractivity contribution >= 4 is 27.5 Å². The molecule has 9 heteroatoms. The molecule has 2 amide bonds. The maximum atomic E-state index is 13.3. The number of nitrogens with zero attached hydrogens (tertiary/aromatic N) is 2. The molecular weight excluding hydrogens is 430 g/mol. The minimum atomic E-state index is -3.73. The fourth-order valence-electron chi connectivity index (χ4n) is 4.48. The molecule has 1 fully saturated rings. The Morgan fingerprint density at radius 2 is 1.97 bits per heavy atom. The number of piperidine rings is 1. The molecule has 32 heavy (non-hydrogen) atoms. The molecular formula is C23H29N3O5S. The van der Waals surface area contributed by atoms with Gasteiger partial charge in [0.25, 0.3) is 0 Å². The van der Waals surface area contributed by atoms with E-state index in [0.29, 0.717) is 31.7 Å². The highest BCUT2D eigenvalue weighted by atomic mass is 32.2. The zero-order chi connectivity index (χ0) is 22.9. The molecule has 3 heterocycles. The van der Waals surface area contributed by atoms with Gasteiger partial charge in [-0.25, -0.2) is 8.42 Å². The minimum Gasteiger partial charge on any atom is -0.465 e. The number of carbonyl (C=O) groups excluding carboxylic acids is 2. The third-order valence-electron chi connectivity index (χ3n) is 6.18. The highest BCUT2D eigenvalue weighted by molar-refractivity contribution is 7.89. The van der Waals surface area contributed by atoms with Crippen molar-refractivity contribution in [3.63, 3.8) is 0 Å². The predicted octanol–water partition coefficient (Wildman–Crippen LogP) is 2.60. The van der Waals surface area contributed by atoms with Gasteiger partial charge in [-0.2, -0.15) is 4.31 Å². The van der Waals surface area contributed by atoms with Crippen molar-refractivity contribution < 1.29 is 22.4 Å². The third-order valence-corrected chi connectivity index (χ3v) is 8.04. The number of sulfonamides is 1. The van der Waals surface area contributed by atoms with Crippen LogP contribution in [-0.2, 0) is 32.6 Å².